The van der Waals surface area contributed by atoms with Crippen molar-refractivity contribution in [3.05, 3.63) is 16.5 Å². The van der Waals surface area contributed by atoms with Crippen molar-refractivity contribution in [2.75, 3.05) is 7.05 Å². The predicted molar refractivity (Wildman–Crippen MR) is 71.2 cm³/mol. The maximum absolute atomic E-state index is 12.3. The van der Waals surface area contributed by atoms with E-state index in [-0.39, 0.29) is 6.04 Å². The zero-order valence-electron chi connectivity index (χ0n) is 9.94. The zero-order valence-corrected chi connectivity index (χ0v) is 12.3. The summed E-state index contributed by atoms with van der Waals surface area (Å²) >= 11 is 7.06. The molecule has 0 unspecified atom stereocenters. The summed E-state index contributed by atoms with van der Waals surface area (Å²) in [5.74, 6) is 0.374. The van der Waals surface area contributed by atoms with E-state index in [1.165, 1.54) is 15.6 Å². The Bertz CT molecular complexity index is 506. The second-order valence-corrected chi connectivity index (χ2v) is 8.04. The van der Waals surface area contributed by atoms with Crippen molar-refractivity contribution in [3.8, 4) is 0 Å². The zero-order chi connectivity index (χ0) is 12.6. The maximum atomic E-state index is 12.3. The molecule has 1 aliphatic carbocycles. The van der Waals surface area contributed by atoms with E-state index in [2.05, 4.69) is 0 Å². The summed E-state index contributed by atoms with van der Waals surface area (Å²) in [5.41, 5.74) is 0.964. The van der Waals surface area contributed by atoms with Gasteiger partial charge in [-0.05, 0) is 31.4 Å². The van der Waals surface area contributed by atoms with Crippen molar-refractivity contribution >= 4 is 33.0 Å². The molecule has 0 N–H and O–H groups in total. The Hall–Kier alpha value is -0.100. The maximum Gasteiger partial charge on any atom is 0.252 e. The summed E-state index contributed by atoms with van der Waals surface area (Å²) in [4.78, 5) is 0.937. The van der Waals surface area contributed by atoms with Gasteiger partial charge in [-0.25, -0.2) is 8.42 Å². The predicted octanol–water partition coefficient (Wildman–Crippen LogP) is 2.97. The van der Waals surface area contributed by atoms with Gasteiger partial charge in [0.1, 0.15) is 4.21 Å². The molecule has 6 heteroatoms. The lowest BCUT2D eigenvalue weighted by atomic mass is 9.94. The fourth-order valence-corrected chi connectivity index (χ4v) is 5.25. The minimum atomic E-state index is -3.32. The number of aryl methyl sites for hydroxylation is 1. The second-order valence-electron chi connectivity index (χ2n) is 4.41. The SMILES string of the molecule is Cc1cc(S(=O)(=O)N(C)C2CCC2)sc1CCl. The summed E-state index contributed by atoms with van der Waals surface area (Å²) in [6, 6.07) is 1.91. The van der Waals surface area contributed by atoms with E-state index >= 15 is 0 Å². The van der Waals surface area contributed by atoms with Crippen molar-refractivity contribution < 1.29 is 8.42 Å². The molecule has 0 spiro atoms. The van der Waals surface area contributed by atoms with Gasteiger partial charge < -0.3 is 0 Å². The fourth-order valence-electron chi connectivity index (χ4n) is 1.84. The van der Waals surface area contributed by atoms with Crippen LogP contribution in [-0.4, -0.2) is 25.8 Å². The molecule has 17 heavy (non-hydrogen) atoms. The highest BCUT2D eigenvalue weighted by Gasteiger charge is 2.32. The minimum Gasteiger partial charge on any atom is -0.206 e. The van der Waals surface area contributed by atoms with Gasteiger partial charge in [0.2, 0.25) is 0 Å². The number of alkyl halides is 1. The van der Waals surface area contributed by atoms with Crippen LogP contribution < -0.4 is 0 Å². The summed E-state index contributed by atoms with van der Waals surface area (Å²) < 4.78 is 26.6. The number of sulfonamides is 1. The number of hydrogen-bond acceptors (Lipinski definition) is 3. The molecule has 0 radical (unpaired) electrons. The van der Waals surface area contributed by atoms with Crippen molar-refractivity contribution in [2.45, 2.75) is 42.3 Å². The van der Waals surface area contributed by atoms with Crippen LogP contribution in [0.4, 0.5) is 0 Å². The highest BCUT2D eigenvalue weighted by atomic mass is 35.5. The van der Waals surface area contributed by atoms with Crippen molar-refractivity contribution in [2.24, 2.45) is 0 Å². The molecule has 1 aromatic heterocycles. The third-order valence-electron chi connectivity index (χ3n) is 3.34. The van der Waals surface area contributed by atoms with E-state index in [1.54, 1.807) is 13.1 Å². The Balaban J connectivity index is 2.30. The Morgan fingerprint density at radius 1 is 1.53 bits per heavy atom. The molecule has 1 aliphatic rings. The van der Waals surface area contributed by atoms with E-state index in [0.717, 1.165) is 29.7 Å². The molecule has 1 saturated carbocycles. The quantitative estimate of drug-likeness (QED) is 0.801. The first-order chi connectivity index (χ1) is 7.96. The first-order valence-corrected chi connectivity index (χ1v) is 8.39. The third kappa shape index (κ3) is 2.38. The first-order valence-electron chi connectivity index (χ1n) is 5.60. The van der Waals surface area contributed by atoms with Gasteiger partial charge in [0.25, 0.3) is 10.0 Å². The molecule has 1 heterocycles. The lowest BCUT2D eigenvalue weighted by Crippen LogP contribution is -2.40. The van der Waals surface area contributed by atoms with Gasteiger partial charge in [0.05, 0.1) is 5.88 Å². The number of halogens is 1. The Morgan fingerprint density at radius 2 is 2.18 bits per heavy atom. The number of hydrogen-bond donors (Lipinski definition) is 0. The van der Waals surface area contributed by atoms with Gasteiger partial charge in [0, 0.05) is 18.0 Å². The molecule has 0 atom stereocenters. The summed E-state index contributed by atoms with van der Waals surface area (Å²) in [7, 11) is -1.64. The molecular weight excluding hydrogens is 278 g/mol. The van der Waals surface area contributed by atoms with E-state index in [0.29, 0.717) is 10.1 Å². The topological polar surface area (TPSA) is 37.4 Å². The molecule has 0 bridgehead atoms. The third-order valence-corrected chi connectivity index (χ3v) is 7.36. The van der Waals surface area contributed by atoms with Crippen LogP contribution in [0.15, 0.2) is 10.3 Å². The normalized spacial score (nSPS) is 17.4. The molecule has 0 amide bonds. The molecule has 3 nitrogen and oxygen atoms in total. The molecule has 2 rings (SSSR count). The molecule has 1 fully saturated rings. The summed E-state index contributed by atoms with van der Waals surface area (Å²) in [6.45, 7) is 1.90. The Kier molecular flexibility index (Phi) is 3.83. The van der Waals surface area contributed by atoms with Crippen molar-refractivity contribution in [1.82, 2.24) is 4.31 Å². The number of rotatable bonds is 4. The van der Waals surface area contributed by atoms with Crippen LogP contribution in [0, 0.1) is 6.92 Å². The molecule has 0 aromatic carbocycles. The van der Waals surface area contributed by atoms with Crippen LogP contribution in [0.1, 0.15) is 29.7 Å². The number of thiophene rings is 1. The molecular formula is C11H16ClNO2S2. The lowest BCUT2D eigenvalue weighted by molar-refractivity contribution is 0.250. The highest BCUT2D eigenvalue weighted by Crippen LogP contribution is 2.33. The van der Waals surface area contributed by atoms with Crippen LogP contribution >= 0.6 is 22.9 Å². The van der Waals surface area contributed by atoms with E-state index in [9.17, 15) is 8.42 Å². The second kappa shape index (κ2) is 4.88. The highest BCUT2D eigenvalue weighted by molar-refractivity contribution is 7.91. The minimum absolute atomic E-state index is 0.182. The first kappa shape index (κ1) is 13.3. The molecule has 1 aromatic rings. The van der Waals surface area contributed by atoms with E-state index < -0.39 is 10.0 Å². The van der Waals surface area contributed by atoms with Crippen LogP contribution in [0.5, 0.6) is 0 Å². The number of nitrogens with zero attached hydrogens (tertiary/aromatic N) is 1. The van der Waals surface area contributed by atoms with Gasteiger partial charge in [-0.1, -0.05) is 6.42 Å². The van der Waals surface area contributed by atoms with E-state index in [4.69, 9.17) is 11.6 Å². The summed E-state index contributed by atoms with van der Waals surface area (Å²) in [6.07, 6.45) is 3.08. The van der Waals surface area contributed by atoms with Crippen LogP contribution in [0.2, 0.25) is 0 Å². The van der Waals surface area contributed by atoms with Crippen LogP contribution in [0.3, 0.4) is 0 Å². The van der Waals surface area contributed by atoms with Gasteiger partial charge >= 0.3 is 0 Å². The Morgan fingerprint density at radius 3 is 2.59 bits per heavy atom. The average molecular weight is 294 g/mol. The van der Waals surface area contributed by atoms with Gasteiger partial charge in [-0.2, -0.15) is 4.31 Å². The molecule has 0 aliphatic heterocycles. The lowest BCUT2D eigenvalue weighted by Gasteiger charge is -2.33. The van der Waals surface area contributed by atoms with Crippen molar-refractivity contribution in [3.63, 3.8) is 0 Å². The largest absolute Gasteiger partial charge is 0.252 e. The monoisotopic (exact) mass is 293 g/mol. The standard InChI is InChI=1S/C11H16ClNO2S2/c1-8-6-11(16-10(8)7-12)17(14,15)13(2)9-4-3-5-9/h6,9H,3-5,7H2,1-2H3. The van der Waals surface area contributed by atoms with E-state index in [1.807, 2.05) is 6.92 Å². The van der Waals surface area contributed by atoms with Gasteiger partial charge in [-0.15, -0.1) is 22.9 Å². The fraction of sp³-hybridized carbons (Fsp3) is 0.636. The van der Waals surface area contributed by atoms with Gasteiger partial charge in [-0.3, -0.25) is 0 Å². The summed E-state index contributed by atoms with van der Waals surface area (Å²) in [5, 5.41) is 0. The smallest absolute Gasteiger partial charge is 0.206 e. The molecule has 96 valence electrons. The average Bonchev–Trinajstić information content (AvgIpc) is 2.57. The van der Waals surface area contributed by atoms with Gasteiger partial charge in [0.15, 0.2) is 0 Å². The van der Waals surface area contributed by atoms with Crippen LogP contribution in [0.25, 0.3) is 0 Å². The molecule has 0 saturated heterocycles. The van der Waals surface area contributed by atoms with Crippen molar-refractivity contribution in [1.29, 1.82) is 0 Å². The van der Waals surface area contributed by atoms with Crippen LogP contribution in [-0.2, 0) is 15.9 Å². The Labute approximate surface area is 111 Å².